The molecular weight excluding hydrogens is 502 g/mol. The third-order valence-corrected chi connectivity index (χ3v) is 5.57. The summed E-state index contributed by atoms with van der Waals surface area (Å²) in [6.07, 6.45) is 1.45. The Balaban J connectivity index is 1.96. The molecule has 0 saturated heterocycles. The van der Waals surface area contributed by atoms with E-state index in [1.807, 2.05) is 26.0 Å². The fourth-order valence-electron chi connectivity index (χ4n) is 3.08. The van der Waals surface area contributed by atoms with Crippen molar-refractivity contribution in [2.45, 2.75) is 13.8 Å². The van der Waals surface area contributed by atoms with E-state index in [-0.39, 0.29) is 16.9 Å². The minimum atomic E-state index is -0.554. The number of hydrogen-bond acceptors (Lipinski definition) is 5. The number of aryl methyl sites for hydroxylation is 2. The van der Waals surface area contributed by atoms with Gasteiger partial charge in [-0.25, -0.2) is 0 Å². The lowest BCUT2D eigenvalue weighted by Gasteiger charge is -2.14. The van der Waals surface area contributed by atoms with Crippen molar-refractivity contribution < 1.29 is 19.2 Å². The Hall–Kier alpha value is -3.98. The van der Waals surface area contributed by atoms with Gasteiger partial charge in [-0.2, -0.15) is 0 Å². The highest BCUT2D eigenvalue weighted by Gasteiger charge is 2.19. The molecule has 8 nitrogen and oxygen atoms in total. The first-order valence-corrected chi connectivity index (χ1v) is 11.0. The van der Waals surface area contributed by atoms with Gasteiger partial charge in [-0.1, -0.05) is 22.0 Å². The highest BCUT2D eigenvalue weighted by molar-refractivity contribution is 9.10. The van der Waals surface area contributed by atoms with Crippen molar-refractivity contribution in [3.8, 4) is 5.75 Å². The topological polar surface area (TPSA) is 111 Å². The first kappa shape index (κ1) is 24.7. The number of carbonyl (C=O) groups excluding carboxylic acids is 2. The lowest BCUT2D eigenvalue weighted by molar-refractivity contribution is -0.384. The number of rotatable bonds is 7. The molecule has 0 saturated carbocycles. The van der Waals surface area contributed by atoms with Crippen LogP contribution in [0.25, 0.3) is 6.08 Å². The summed E-state index contributed by atoms with van der Waals surface area (Å²) in [7, 11) is 1.44. The smallest absolute Gasteiger partial charge is 0.272 e. The first-order valence-electron chi connectivity index (χ1n) is 10.2. The van der Waals surface area contributed by atoms with E-state index in [0.29, 0.717) is 21.5 Å². The van der Waals surface area contributed by atoms with Gasteiger partial charge in [0.25, 0.3) is 17.5 Å². The van der Waals surface area contributed by atoms with E-state index < -0.39 is 16.7 Å². The number of non-ortho nitro benzene ring substituents is 1. The summed E-state index contributed by atoms with van der Waals surface area (Å²) in [6, 6.07) is 16.1. The van der Waals surface area contributed by atoms with Gasteiger partial charge in [0.05, 0.1) is 17.6 Å². The molecule has 0 radical (unpaired) electrons. The van der Waals surface area contributed by atoms with Crippen LogP contribution in [-0.2, 0) is 4.79 Å². The number of nitro benzene ring substituents is 1. The molecule has 2 amide bonds. The van der Waals surface area contributed by atoms with E-state index in [1.165, 1.54) is 37.5 Å². The van der Waals surface area contributed by atoms with Crippen molar-refractivity contribution in [3.63, 3.8) is 0 Å². The van der Waals surface area contributed by atoms with Gasteiger partial charge in [-0.05, 0) is 79.1 Å². The number of nitrogens with one attached hydrogen (secondary N) is 2. The average molecular weight is 524 g/mol. The summed E-state index contributed by atoms with van der Waals surface area (Å²) in [4.78, 5) is 36.6. The van der Waals surface area contributed by atoms with Gasteiger partial charge in [-0.15, -0.1) is 0 Å². The molecule has 0 aliphatic heterocycles. The number of benzene rings is 3. The maximum absolute atomic E-state index is 13.1. The van der Waals surface area contributed by atoms with Gasteiger partial charge in [0.2, 0.25) is 0 Å². The van der Waals surface area contributed by atoms with Crippen LogP contribution >= 0.6 is 15.9 Å². The summed E-state index contributed by atoms with van der Waals surface area (Å²) in [5.74, 6) is -0.768. The predicted octanol–water partition coefficient (Wildman–Crippen LogP) is 5.39. The quantitative estimate of drug-likeness (QED) is 0.245. The number of amides is 2. The molecule has 0 heterocycles. The molecule has 3 aromatic rings. The van der Waals surface area contributed by atoms with Gasteiger partial charge < -0.3 is 15.4 Å². The van der Waals surface area contributed by atoms with Gasteiger partial charge in [-0.3, -0.25) is 19.7 Å². The van der Waals surface area contributed by atoms with Gasteiger partial charge in [0.15, 0.2) is 0 Å². The zero-order valence-corrected chi connectivity index (χ0v) is 20.3. The SMILES string of the molecule is COc1ccc(Br)cc1C(=O)NC(=Cc1ccc([N+](=O)[O-])cc1)C(=O)Nc1ccc(C)c(C)c1. The van der Waals surface area contributed by atoms with Gasteiger partial charge >= 0.3 is 0 Å². The molecular formula is C25H22BrN3O5. The van der Waals surface area contributed by atoms with Crippen LogP contribution in [0.15, 0.2) is 70.8 Å². The predicted molar refractivity (Wildman–Crippen MR) is 134 cm³/mol. The Kier molecular flexibility index (Phi) is 7.80. The van der Waals surface area contributed by atoms with E-state index in [1.54, 1.807) is 24.3 Å². The lowest BCUT2D eigenvalue weighted by atomic mass is 10.1. The molecule has 0 spiro atoms. The molecule has 0 unspecified atom stereocenters. The molecule has 3 aromatic carbocycles. The standard InChI is InChI=1S/C25H22BrN3O5/c1-15-4-8-19(12-16(15)2)27-25(31)22(13-17-5-9-20(10-6-17)29(32)33)28-24(30)21-14-18(26)7-11-23(21)34-3/h4-14H,1-3H3,(H,27,31)(H,28,30). The molecule has 174 valence electrons. The molecule has 34 heavy (non-hydrogen) atoms. The summed E-state index contributed by atoms with van der Waals surface area (Å²) in [6.45, 7) is 3.90. The Morgan fingerprint density at radius 2 is 1.71 bits per heavy atom. The third-order valence-electron chi connectivity index (χ3n) is 5.08. The highest BCUT2D eigenvalue weighted by Crippen LogP contribution is 2.24. The van der Waals surface area contributed by atoms with Crippen molar-refractivity contribution in [2.24, 2.45) is 0 Å². The third kappa shape index (κ3) is 6.08. The molecule has 0 aliphatic rings. The number of halogens is 1. The van der Waals surface area contributed by atoms with Crippen molar-refractivity contribution in [2.75, 3.05) is 12.4 Å². The van der Waals surface area contributed by atoms with Crippen molar-refractivity contribution in [1.82, 2.24) is 5.32 Å². The number of hydrogen-bond donors (Lipinski definition) is 2. The summed E-state index contributed by atoms with van der Waals surface area (Å²) < 4.78 is 5.94. The molecule has 0 fully saturated rings. The molecule has 0 bridgehead atoms. The molecule has 0 aromatic heterocycles. The van der Waals surface area contributed by atoms with Crippen molar-refractivity contribution in [3.05, 3.63) is 103 Å². The largest absolute Gasteiger partial charge is 0.496 e. The summed E-state index contributed by atoms with van der Waals surface area (Å²) in [5, 5.41) is 16.4. The summed E-state index contributed by atoms with van der Waals surface area (Å²) in [5.41, 5.74) is 3.25. The van der Waals surface area contributed by atoms with Crippen LogP contribution in [0.3, 0.4) is 0 Å². The van der Waals surface area contributed by atoms with E-state index in [9.17, 15) is 19.7 Å². The number of ether oxygens (including phenoxy) is 1. The van der Waals surface area contributed by atoms with Crippen molar-refractivity contribution in [1.29, 1.82) is 0 Å². The molecule has 0 aliphatic carbocycles. The fourth-order valence-corrected chi connectivity index (χ4v) is 3.44. The second-order valence-corrected chi connectivity index (χ2v) is 8.37. The first-order chi connectivity index (χ1) is 16.2. The van der Waals surface area contributed by atoms with E-state index >= 15 is 0 Å². The second-order valence-electron chi connectivity index (χ2n) is 7.46. The van der Waals surface area contributed by atoms with Crippen LogP contribution in [0.2, 0.25) is 0 Å². The van der Waals surface area contributed by atoms with Crippen molar-refractivity contribution >= 4 is 45.2 Å². The Morgan fingerprint density at radius 3 is 2.32 bits per heavy atom. The molecule has 0 atom stereocenters. The molecule has 2 N–H and O–H groups in total. The maximum Gasteiger partial charge on any atom is 0.272 e. The fraction of sp³-hybridized carbons (Fsp3) is 0.120. The monoisotopic (exact) mass is 523 g/mol. The van der Waals surface area contributed by atoms with Crippen LogP contribution < -0.4 is 15.4 Å². The number of nitro groups is 1. The highest BCUT2D eigenvalue weighted by atomic mass is 79.9. The lowest BCUT2D eigenvalue weighted by Crippen LogP contribution is -2.31. The maximum atomic E-state index is 13.1. The van der Waals surface area contributed by atoms with Gasteiger partial charge in [0, 0.05) is 22.3 Å². The molecule has 9 heteroatoms. The van der Waals surface area contributed by atoms with E-state index in [0.717, 1.165) is 11.1 Å². The average Bonchev–Trinajstić information content (AvgIpc) is 2.81. The Bertz CT molecular complexity index is 1290. The van der Waals surface area contributed by atoms with Crippen LogP contribution in [0.5, 0.6) is 5.75 Å². The van der Waals surface area contributed by atoms with Crippen LogP contribution in [0.4, 0.5) is 11.4 Å². The second kappa shape index (κ2) is 10.8. The normalized spacial score (nSPS) is 11.0. The summed E-state index contributed by atoms with van der Waals surface area (Å²) >= 11 is 3.33. The minimum Gasteiger partial charge on any atom is -0.496 e. The zero-order valence-electron chi connectivity index (χ0n) is 18.7. The number of carbonyl (C=O) groups is 2. The molecule has 3 rings (SSSR count). The number of nitrogens with zero attached hydrogens (tertiary/aromatic N) is 1. The van der Waals surface area contributed by atoms with Gasteiger partial charge in [0.1, 0.15) is 11.4 Å². The van der Waals surface area contributed by atoms with Crippen LogP contribution in [0.1, 0.15) is 27.0 Å². The number of anilines is 1. The van der Waals surface area contributed by atoms with Crippen LogP contribution in [0, 0.1) is 24.0 Å². The van der Waals surface area contributed by atoms with E-state index in [4.69, 9.17) is 4.74 Å². The Labute approximate surface area is 204 Å². The number of methoxy groups -OCH3 is 1. The van der Waals surface area contributed by atoms with Crippen LogP contribution in [-0.4, -0.2) is 23.8 Å². The zero-order chi connectivity index (χ0) is 24.8. The minimum absolute atomic E-state index is 0.0425. The Morgan fingerprint density at radius 1 is 1.00 bits per heavy atom. The van der Waals surface area contributed by atoms with E-state index in [2.05, 4.69) is 26.6 Å².